The minimum Gasteiger partial charge on any atom is -0.469 e. The van der Waals surface area contributed by atoms with Crippen LogP contribution in [-0.4, -0.2) is 18.3 Å². The van der Waals surface area contributed by atoms with Gasteiger partial charge in [-0.1, -0.05) is 54.6 Å². The Hall–Kier alpha value is -1.74. The van der Waals surface area contributed by atoms with Gasteiger partial charge in [-0.3, -0.25) is 4.79 Å². The molecule has 1 fully saturated rings. The Kier molecular flexibility index (Phi) is 5.39. The molecular formula is C20H22O2S. The predicted molar refractivity (Wildman–Crippen MR) is 96.3 cm³/mol. The van der Waals surface area contributed by atoms with Gasteiger partial charge in [-0.2, -0.15) is 11.8 Å². The Morgan fingerprint density at radius 1 is 1.09 bits per heavy atom. The first-order valence-electron chi connectivity index (χ1n) is 8.10. The van der Waals surface area contributed by atoms with E-state index < -0.39 is 0 Å². The Morgan fingerprint density at radius 2 is 1.83 bits per heavy atom. The second-order valence-electron chi connectivity index (χ2n) is 5.99. The standard InChI is InChI=1S/C20H22O2S/c1-22-20(21)16-11-12-18(13-16)23-14-17-9-5-6-10-19(17)15-7-3-2-4-8-15/h2-10,16,18H,11-14H2,1H3/t16-,18?/m0/s1. The van der Waals surface area contributed by atoms with Gasteiger partial charge in [0.2, 0.25) is 0 Å². The van der Waals surface area contributed by atoms with Gasteiger partial charge in [0.05, 0.1) is 13.0 Å². The van der Waals surface area contributed by atoms with Crippen LogP contribution in [0.3, 0.4) is 0 Å². The summed E-state index contributed by atoms with van der Waals surface area (Å²) in [4.78, 5) is 11.6. The summed E-state index contributed by atoms with van der Waals surface area (Å²) in [5.41, 5.74) is 3.94. The normalized spacial score (nSPS) is 20.4. The van der Waals surface area contributed by atoms with Gasteiger partial charge in [-0.25, -0.2) is 0 Å². The number of hydrogen-bond donors (Lipinski definition) is 0. The summed E-state index contributed by atoms with van der Waals surface area (Å²) in [5, 5.41) is 0.558. The summed E-state index contributed by atoms with van der Waals surface area (Å²) in [5.74, 6) is 1.04. The smallest absolute Gasteiger partial charge is 0.308 e. The number of rotatable bonds is 5. The maximum absolute atomic E-state index is 11.6. The average Bonchev–Trinajstić information content (AvgIpc) is 3.09. The Labute approximate surface area is 142 Å². The number of ether oxygens (including phenoxy) is 1. The van der Waals surface area contributed by atoms with Crippen LogP contribution in [-0.2, 0) is 15.3 Å². The van der Waals surface area contributed by atoms with Crippen LogP contribution >= 0.6 is 11.8 Å². The molecule has 1 saturated carbocycles. The van der Waals surface area contributed by atoms with Crippen molar-refractivity contribution in [3.05, 3.63) is 60.2 Å². The topological polar surface area (TPSA) is 26.3 Å². The predicted octanol–water partition coefficient (Wildman–Crippen LogP) is 4.93. The van der Waals surface area contributed by atoms with Gasteiger partial charge in [-0.05, 0) is 36.0 Å². The van der Waals surface area contributed by atoms with Crippen LogP contribution in [0.1, 0.15) is 24.8 Å². The van der Waals surface area contributed by atoms with E-state index in [-0.39, 0.29) is 11.9 Å². The fourth-order valence-electron chi connectivity index (χ4n) is 3.23. The molecule has 2 aromatic carbocycles. The van der Waals surface area contributed by atoms with E-state index in [1.165, 1.54) is 23.8 Å². The van der Waals surface area contributed by atoms with Gasteiger partial charge >= 0.3 is 5.97 Å². The van der Waals surface area contributed by atoms with E-state index in [4.69, 9.17) is 4.74 Å². The molecule has 0 radical (unpaired) electrons. The first-order chi connectivity index (χ1) is 11.3. The minimum absolute atomic E-state index is 0.0437. The Bertz CT molecular complexity index is 654. The Morgan fingerprint density at radius 3 is 2.61 bits per heavy atom. The lowest BCUT2D eigenvalue weighted by atomic mass is 10.0. The van der Waals surface area contributed by atoms with Crippen molar-refractivity contribution in [1.29, 1.82) is 0 Å². The van der Waals surface area contributed by atoms with E-state index in [9.17, 15) is 4.79 Å². The van der Waals surface area contributed by atoms with Crippen LogP contribution < -0.4 is 0 Å². The van der Waals surface area contributed by atoms with Crippen molar-refractivity contribution in [3.63, 3.8) is 0 Å². The van der Waals surface area contributed by atoms with Crippen LogP contribution in [0.15, 0.2) is 54.6 Å². The fraction of sp³-hybridized carbons (Fsp3) is 0.350. The molecule has 120 valence electrons. The molecule has 0 N–H and O–H groups in total. The monoisotopic (exact) mass is 326 g/mol. The molecule has 1 aliphatic carbocycles. The van der Waals surface area contributed by atoms with Crippen molar-refractivity contribution in [2.45, 2.75) is 30.3 Å². The van der Waals surface area contributed by atoms with Crippen molar-refractivity contribution in [2.75, 3.05) is 7.11 Å². The lowest BCUT2D eigenvalue weighted by Crippen LogP contribution is -2.13. The molecule has 2 atom stereocenters. The third-order valence-electron chi connectivity index (χ3n) is 4.50. The largest absolute Gasteiger partial charge is 0.469 e. The molecular weight excluding hydrogens is 304 g/mol. The average molecular weight is 326 g/mol. The minimum atomic E-state index is -0.0437. The van der Waals surface area contributed by atoms with Gasteiger partial charge in [0.25, 0.3) is 0 Å². The molecule has 0 aromatic heterocycles. The molecule has 2 nitrogen and oxygen atoms in total. The highest BCUT2D eigenvalue weighted by molar-refractivity contribution is 7.99. The number of esters is 1. The van der Waals surface area contributed by atoms with Crippen molar-refractivity contribution in [1.82, 2.24) is 0 Å². The van der Waals surface area contributed by atoms with Gasteiger partial charge in [0.15, 0.2) is 0 Å². The highest BCUT2D eigenvalue weighted by Crippen LogP contribution is 2.37. The molecule has 3 rings (SSSR count). The molecule has 0 amide bonds. The first-order valence-corrected chi connectivity index (χ1v) is 9.15. The molecule has 0 aliphatic heterocycles. The molecule has 23 heavy (non-hydrogen) atoms. The number of methoxy groups -OCH3 is 1. The van der Waals surface area contributed by atoms with E-state index in [2.05, 4.69) is 48.5 Å². The van der Waals surface area contributed by atoms with Gasteiger partial charge in [0.1, 0.15) is 0 Å². The van der Waals surface area contributed by atoms with Crippen LogP contribution in [0.2, 0.25) is 0 Å². The summed E-state index contributed by atoms with van der Waals surface area (Å²) >= 11 is 1.97. The maximum atomic E-state index is 11.6. The van der Waals surface area contributed by atoms with E-state index in [1.54, 1.807) is 0 Å². The molecule has 1 unspecified atom stereocenters. The van der Waals surface area contributed by atoms with Crippen LogP contribution in [0.4, 0.5) is 0 Å². The van der Waals surface area contributed by atoms with Crippen molar-refractivity contribution >= 4 is 17.7 Å². The number of thioether (sulfide) groups is 1. The van der Waals surface area contributed by atoms with E-state index in [1.807, 2.05) is 17.8 Å². The summed E-state index contributed by atoms with van der Waals surface area (Å²) in [6, 6.07) is 19.1. The van der Waals surface area contributed by atoms with Crippen LogP contribution in [0, 0.1) is 5.92 Å². The fourth-order valence-corrected chi connectivity index (χ4v) is 4.56. The summed E-state index contributed by atoms with van der Waals surface area (Å²) in [6.45, 7) is 0. The number of benzene rings is 2. The molecule has 3 heteroatoms. The van der Waals surface area contributed by atoms with E-state index in [0.717, 1.165) is 25.0 Å². The zero-order valence-electron chi connectivity index (χ0n) is 13.4. The van der Waals surface area contributed by atoms with E-state index >= 15 is 0 Å². The zero-order chi connectivity index (χ0) is 16.1. The van der Waals surface area contributed by atoms with Gasteiger partial charge < -0.3 is 4.74 Å². The quantitative estimate of drug-likeness (QED) is 0.729. The van der Waals surface area contributed by atoms with Crippen molar-refractivity contribution < 1.29 is 9.53 Å². The molecule has 0 bridgehead atoms. The van der Waals surface area contributed by atoms with Gasteiger partial charge in [0, 0.05) is 11.0 Å². The Balaban J connectivity index is 1.65. The summed E-state index contributed by atoms with van der Waals surface area (Å²) in [6.07, 6.45) is 3.02. The lowest BCUT2D eigenvalue weighted by Gasteiger charge is -2.13. The molecule has 2 aromatic rings. The number of carbonyl (C=O) groups is 1. The maximum Gasteiger partial charge on any atom is 0.308 e. The second-order valence-corrected chi connectivity index (χ2v) is 7.28. The highest BCUT2D eigenvalue weighted by Gasteiger charge is 2.30. The number of hydrogen-bond acceptors (Lipinski definition) is 3. The van der Waals surface area contributed by atoms with Crippen LogP contribution in [0.5, 0.6) is 0 Å². The third-order valence-corrected chi connectivity index (χ3v) is 5.87. The molecule has 0 spiro atoms. The molecule has 0 heterocycles. The zero-order valence-corrected chi connectivity index (χ0v) is 14.2. The van der Waals surface area contributed by atoms with Crippen molar-refractivity contribution in [2.24, 2.45) is 5.92 Å². The molecule has 1 aliphatic rings. The van der Waals surface area contributed by atoms with E-state index in [0.29, 0.717) is 5.25 Å². The first kappa shape index (κ1) is 16.1. The van der Waals surface area contributed by atoms with Crippen LogP contribution in [0.25, 0.3) is 11.1 Å². The SMILES string of the molecule is COC(=O)[C@H]1CCC(SCc2ccccc2-c2ccccc2)C1. The van der Waals surface area contributed by atoms with Gasteiger partial charge in [-0.15, -0.1) is 0 Å². The number of carbonyl (C=O) groups excluding carboxylic acids is 1. The highest BCUT2D eigenvalue weighted by atomic mass is 32.2. The molecule has 0 saturated heterocycles. The third kappa shape index (κ3) is 3.97. The van der Waals surface area contributed by atoms with Crippen molar-refractivity contribution in [3.8, 4) is 11.1 Å². The summed E-state index contributed by atoms with van der Waals surface area (Å²) in [7, 11) is 1.49. The lowest BCUT2D eigenvalue weighted by molar-refractivity contribution is -0.145. The second kappa shape index (κ2) is 7.69. The summed E-state index contributed by atoms with van der Waals surface area (Å²) < 4.78 is 4.87.